The van der Waals surface area contributed by atoms with Crippen molar-refractivity contribution in [3.8, 4) is 0 Å². The fourth-order valence-electron chi connectivity index (χ4n) is 3.68. The van der Waals surface area contributed by atoms with Crippen LogP contribution < -0.4 is 11.1 Å². The number of nitrogens with one attached hydrogen (secondary N) is 1. The second kappa shape index (κ2) is 6.48. The number of fused-ring (bicyclic) bond motifs is 1. The number of anilines is 1. The summed E-state index contributed by atoms with van der Waals surface area (Å²) < 4.78 is 0. The van der Waals surface area contributed by atoms with Crippen molar-refractivity contribution in [1.29, 1.82) is 0 Å². The van der Waals surface area contributed by atoms with Crippen molar-refractivity contribution in [2.24, 2.45) is 11.7 Å². The number of benzene rings is 1. The third-order valence-corrected chi connectivity index (χ3v) is 4.75. The number of piperidine rings is 1. The summed E-state index contributed by atoms with van der Waals surface area (Å²) in [7, 11) is 0. The molecule has 1 aromatic carbocycles. The Kier molecular flexibility index (Phi) is 4.43. The first-order valence-corrected chi connectivity index (χ1v) is 8.04. The van der Waals surface area contributed by atoms with E-state index in [0.29, 0.717) is 6.42 Å². The molecule has 0 bridgehead atoms. The molecule has 3 N–H and O–H groups in total. The van der Waals surface area contributed by atoms with E-state index >= 15 is 0 Å². The Hall–Kier alpha value is -1.88. The number of nitrogens with zero attached hydrogens (tertiary/aromatic N) is 1. The van der Waals surface area contributed by atoms with E-state index in [4.69, 9.17) is 5.73 Å². The minimum atomic E-state index is -0.246. The molecule has 2 unspecified atom stereocenters. The van der Waals surface area contributed by atoms with Gasteiger partial charge in [-0.2, -0.15) is 0 Å². The van der Waals surface area contributed by atoms with Crippen LogP contribution in [0.1, 0.15) is 31.2 Å². The molecule has 0 aromatic heterocycles. The van der Waals surface area contributed by atoms with Crippen molar-refractivity contribution >= 4 is 17.5 Å². The van der Waals surface area contributed by atoms with Gasteiger partial charge in [0.25, 0.3) is 0 Å². The molecule has 0 saturated carbocycles. The minimum Gasteiger partial charge on any atom is -0.370 e. The van der Waals surface area contributed by atoms with E-state index < -0.39 is 0 Å². The first-order chi connectivity index (χ1) is 10.6. The van der Waals surface area contributed by atoms with E-state index in [1.54, 1.807) is 0 Å². The molecule has 2 heterocycles. The zero-order valence-corrected chi connectivity index (χ0v) is 12.8. The highest BCUT2D eigenvalue weighted by Gasteiger charge is 2.32. The number of hydrogen-bond donors (Lipinski definition) is 2. The Morgan fingerprint density at radius 3 is 2.95 bits per heavy atom. The molecule has 2 amide bonds. The van der Waals surface area contributed by atoms with Crippen LogP contribution in [0.5, 0.6) is 0 Å². The molecule has 0 radical (unpaired) electrons. The molecular formula is C17H23N3O2. The van der Waals surface area contributed by atoms with Crippen molar-refractivity contribution in [3.63, 3.8) is 0 Å². The Balaban J connectivity index is 1.70. The van der Waals surface area contributed by atoms with Crippen molar-refractivity contribution < 1.29 is 9.59 Å². The van der Waals surface area contributed by atoms with Crippen LogP contribution in [0, 0.1) is 5.92 Å². The average Bonchev–Trinajstić information content (AvgIpc) is 2.65. The van der Waals surface area contributed by atoms with Crippen molar-refractivity contribution in [2.45, 2.75) is 38.1 Å². The van der Waals surface area contributed by atoms with Gasteiger partial charge in [-0.05, 0) is 49.8 Å². The summed E-state index contributed by atoms with van der Waals surface area (Å²) in [6.45, 7) is 1.71. The lowest BCUT2D eigenvalue weighted by atomic mass is 9.92. The van der Waals surface area contributed by atoms with Crippen molar-refractivity contribution in [2.75, 3.05) is 18.4 Å². The fraction of sp³-hybridized carbons (Fsp3) is 0.529. The van der Waals surface area contributed by atoms with Crippen molar-refractivity contribution in [3.05, 3.63) is 29.8 Å². The number of carbonyl (C=O) groups excluding carboxylic acids is 2. The minimum absolute atomic E-state index is 0.0738. The Labute approximate surface area is 130 Å². The van der Waals surface area contributed by atoms with Gasteiger partial charge in [0, 0.05) is 18.7 Å². The molecule has 1 saturated heterocycles. The highest BCUT2D eigenvalue weighted by molar-refractivity contribution is 5.96. The molecule has 0 aliphatic carbocycles. The second-order valence-corrected chi connectivity index (χ2v) is 6.37. The van der Waals surface area contributed by atoms with Crippen LogP contribution in [-0.2, 0) is 16.0 Å². The highest BCUT2D eigenvalue weighted by atomic mass is 16.2. The summed E-state index contributed by atoms with van der Waals surface area (Å²) in [5.41, 5.74) is 7.45. The first kappa shape index (κ1) is 15.0. The highest BCUT2D eigenvalue weighted by Crippen LogP contribution is 2.27. The van der Waals surface area contributed by atoms with Gasteiger partial charge in [0.1, 0.15) is 0 Å². The van der Waals surface area contributed by atoms with Crippen LogP contribution in [-0.4, -0.2) is 35.8 Å². The van der Waals surface area contributed by atoms with Gasteiger partial charge in [0.05, 0.1) is 6.04 Å². The molecule has 1 aromatic rings. The standard InChI is InChI=1S/C17H23N3O2/c18-16(21)10-12-4-3-9-20(11-12)15-8-7-13-5-1-2-6-14(13)19-17(15)22/h1-2,5-6,12,15H,3-4,7-11H2,(H2,18,21)(H,19,22). The number of likely N-dealkylation sites (tertiary alicyclic amines) is 1. The summed E-state index contributed by atoms with van der Waals surface area (Å²) in [5, 5.41) is 3.05. The van der Waals surface area contributed by atoms with Crippen LogP contribution in [0.3, 0.4) is 0 Å². The average molecular weight is 301 g/mol. The Bertz CT molecular complexity index is 573. The topological polar surface area (TPSA) is 75.4 Å². The van der Waals surface area contributed by atoms with Crippen LogP contribution in [0.4, 0.5) is 5.69 Å². The largest absolute Gasteiger partial charge is 0.370 e. The molecule has 2 aliphatic heterocycles. The molecule has 3 rings (SSSR count). The van der Waals surface area contributed by atoms with Crippen LogP contribution >= 0.6 is 0 Å². The summed E-state index contributed by atoms with van der Waals surface area (Å²) >= 11 is 0. The molecular weight excluding hydrogens is 278 g/mol. The monoisotopic (exact) mass is 301 g/mol. The maximum atomic E-state index is 12.6. The molecule has 5 nitrogen and oxygen atoms in total. The van der Waals surface area contributed by atoms with Crippen LogP contribution in [0.25, 0.3) is 0 Å². The van der Waals surface area contributed by atoms with Gasteiger partial charge < -0.3 is 11.1 Å². The van der Waals surface area contributed by atoms with E-state index in [9.17, 15) is 9.59 Å². The van der Waals surface area contributed by atoms with Gasteiger partial charge >= 0.3 is 0 Å². The first-order valence-electron chi connectivity index (χ1n) is 8.04. The Morgan fingerprint density at radius 2 is 2.14 bits per heavy atom. The predicted molar refractivity (Wildman–Crippen MR) is 85.3 cm³/mol. The lowest BCUT2D eigenvalue weighted by Gasteiger charge is -2.36. The number of para-hydroxylation sites is 1. The summed E-state index contributed by atoms with van der Waals surface area (Å²) in [6, 6.07) is 7.88. The number of rotatable bonds is 3. The van der Waals surface area contributed by atoms with E-state index in [1.165, 1.54) is 5.56 Å². The lowest BCUT2D eigenvalue weighted by Crippen LogP contribution is -2.48. The Morgan fingerprint density at radius 1 is 1.32 bits per heavy atom. The predicted octanol–water partition coefficient (Wildman–Crippen LogP) is 1.53. The van der Waals surface area contributed by atoms with E-state index in [1.807, 2.05) is 18.2 Å². The zero-order chi connectivity index (χ0) is 15.5. The molecule has 2 atom stereocenters. The SMILES string of the molecule is NC(=O)CC1CCCN(C2CCc3ccccc3NC2=O)C1. The van der Waals surface area contributed by atoms with Crippen LogP contribution in [0.15, 0.2) is 24.3 Å². The smallest absolute Gasteiger partial charge is 0.241 e. The van der Waals surface area contributed by atoms with Gasteiger partial charge in [-0.1, -0.05) is 18.2 Å². The number of primary amides is 1. The number of amides is 2. The molecule has 0 spiro atoms. The third-order valence-electron chi connectivity index (χ3n) is 4.75. The molecule has 2 aliphatic rings. The summed E-state index contributed by atoms with van der Waals surface area (Å²) in [4.78, 5) is 25.9. The van der Waals surface area contributed by atoms with E-state index in [0.717, 1.165) is 44.5 Å². The van der Waals surface area contributed by atoms with Gasteiger partial charge in [-0.25, -0.2) is 0 Å². The van der Waals surface area contributed by atoms with E-state index in [2.05, 4.69) is 16.3 Å². The summed E-state index contributed by atoms with van der Waals surface area (Å²) in [5.74, 6) is 0.110. The van der Waals surface area contributed by atoms with Gasteiger partial charge in [-0.15, -0.1) is 0 Å². The zero-order valence-electron chi connectivity index (χ0n) is 12.8. The second-order valence-electron chi connectivity index (χ2n) is 6.37. The molecule has 22 heavy (non-hydrogen) atoms. The number of aryl methyl sites for hydroxylation is 1. The van der Waals surface area contributed by atoms with Gasteiger partial charge in [0.2, 0.25) is 11.8 Å². The molecule has 5 heteroatoms. The van der Waals surface area contributed by atoms with Gasteiger partial charge in [-0.3, -0.25) is 14.5 Å². The lowest BCUT2D eigenvalue weighted by molar-refractivity contribution is -0.122. The fourth-order valence-corrected chi connectivity index (χ4v) is 3.68. The number of nitrogens with two attached hydrogens (primary N) is 1. The summed E-state index contributed by atoms with van der Waals surface area (Å²) in [6.07, 6.45) is 4.19. The normalized spacial score (nSPS) is 25.9. The molecule has 118 valence electrons. The van der Waals surface area contributed by atoms with Gasteiger partial charge in [0.15, 0.2) is 0 Å². The quantitative estimate of drug-likeness (QED) is 0.889. The maximum absolute atomic E-state index is 12.6. The maximum Gasteiger partial charge on any atom is 0.241 e. The van der Waals surface area contributed by atoms with Crippen molar-refractivity contribution in [1.82, 2.24) is 4.90 Å². The number of hydrogen-bond acceptors (Lipinski definition) is 3. The van der Waals surface area contributed by atoms with E-state index in [-0.39, 0.29) is 23.8 Å². The van der Waals surface area contributed by atoms with Crippen LogP contribution in [0.2, 0.25) is 0 Å². The number of carbonyl (C=O) groups is 2. The molecule has 1 fully saturated rings. The third kappa shape index (κ3) is 3.30.